The molecule has 1 heterocycles. The fraction of sp³-hybridized carbons (Fsp3) is 0.500. The van der Waals surface area contributed by atoms with Crippen LogP contribution in [0.4, 0.5) is 0 Å². The Morgan fingerprint density at radius 3 is 2.71 bits per heavy atom. The third-order valence-corrected chi connectivity index (χ3v) is 4.25. The van der Waals surface area contributed by atoms with Crippen molar-refractivity contribution in [3.63, 3.8) is 0 Å². The van der Waals surface area contributed by atoms with Crippen LogP contribution in [-0.4, -0.2) is 6.61 Å². The van der Waals surface area contributed by atoms with Crippen molar-refractivity contribution in [1.29, 1.82) is 0 Å². The van der Waals surface area contributed by atoms with Gasteiger partial charge in [0.15, 0.2) is 0 Å². The number of allylic oxidation sites excluding steroid dienone is 2. The highest BCUT2D eigenvalue weighted by atomic mass is 16.5. The first-order valence-corrected chi connectivity index (χ1v) is 8.32. The van der Waals surface area contributed by atoms with Crippen molar-refractivity contribution in [2.75, 3.05) is 6.61 Å². The van der Waals surface area contributed by atoms with E-state index >= 15 is 0 Å². The lowest BCUT2D eigenvalue weighted by Gasteiger charge is -2.17. The molecule has 1 saturated heterocycles. The number of unbranched alkanes of at least 4 members (excludes halogenated alkanes) is 4. The molecule has 21 heavy (non-hydrogen) atoms. The van der Waals surface area contributed by atoms with Gasteiger partial charge in [0.05, 0.1) is 12.7 Å². The summed E-state index contributed by atoms with van der Waals surface area (Å²) in [7, 11) is 0. The van der Waals surface area contributed by atoms with Crippen LogP contribution in [0, 0.1) is 5.92 Å². The van der Waals surface area contributed by atoms with Crippen LogP contribution < -0.4 is 0 Å². The normalized spacial score (nSPS) is 22.2. The minimum Gasteiger partial charge on any atom is -0.369 e. The van der Waals surface area contributed by atoms with Crippen LogP contribution in [0.2, 0.25) is 0 Å². The second-order valence-corrected chi connectivity index (χ2v) is 5.96. The summed E-state index contributed by atoms with van der Waals surface area (Å²) in [6.07, 6.45) is 12.4. The Kier molecular flexibility index (Phi) is 6.75. The van der Waals surface area contributed by atoms with Gasteiger partial charge in [-0.25, -0.2) is 0 Å². The van der Waals surface area contributed by atoms with Crippen molar-refractivity contribution >= 4 is 0 Å². The summed E-state index contributed by atoms with van der Waals surface area (Å²) >= 11 is 0. The average molecular weight is 284 g/mol. The Morgan fingerprint density at radius 1 is 1.14 bits per heavy atom. The highest BCUT2D eigenvalue weighted by Gasteiger charge is 2.31. The van der Waals surface area contributed by atoms with Gasteiger partial charge in [-0.1, -0.05) is 75.2 Å². The number of hydrogen-bond acceptors (Lipinski definition) is 1. The SMILES string of the molecule is C=C1CO[C@@H](c2ccccc2)[C@@H]1C/C=C/CCCCCC. The van der Waals surface area contributed by atoms with Crippen molar-refractivity contribution in [2.24, 2.45) is 5.92 Å². The molecule has 0 unspecified atom stereocenters. The van der Waals surface area contributed by atoms with Crippen LogP contribution in [0.25, 0.3) is 0 Å². The largest absolute Gasteiger partial charge is 0.369 e. The van der Waals surface area contributed by atoms with Gasteiger partial charge in [-0.2, -0.15) is 0 Å². The smallest absolute Gasteiger partial charge is 0.0898 e. The summed E-state index contributed by atoms with van der Waals surface area (Å²) in [5.74, 6) is 0.430. The van der Waals surface area contributed by atoms with Crippen LogP contribution in [0.15, 0.2) is 54.6 Å². The van der Waals surface area contributed by atoms with Gasteiger partial charge in [0.25, 0.3) is 0 Å². The molecular formula is C20H28O. The molecule has 1 aliphatic rings. The van der Waals surface area contributed by atoms with E-state index in [0.717, 1.165) is 6.42 Å². The minimum absolute atomic E-state index is 0.184. The summed E-state index contributed by atoms with van der Waals surface area (Å²) in [6, 6.07) is 10.5. The molecule has 1 heteroatoms. The first-order valence-electron chi connectivity index (χ1n) is 8.32. The van der Waals surface area contributed by atoms with E-state index in [9.17, 15) is 0 Å². The molecule has 2 rings (SSSR count). The lowest BCUT2D eigenvalue weighted by Crippen LogP contribution is -2.07. The highest BCUT2D eigenvalue weighted by Crippen LogP contribution is 2.39. The first-order chi connectivity index (χ1) is 10.3. The summed E-state index contributed by atoms with van der Waals surface area (Å²) in [4.78, 5) is 0. The maximum absolute atomic E-state index is 5.94. The minimum atomic E-state index is 0.184. The predicted molar refractivity (Wildman–Crippen MR) is 90.3 cm³/mol. The Balaban J connectivity index is 1.82. The summed E-state index contributed by atoms with van der Waals surface area (Å²) in [5.41, 5.74) is 2.51. The van der Waals surface area contributed by atoms with Gasteiger partial charge >= 0.3 is 0 Å². The number of benzene rings is 1. The van der Waals surface area contributed by atoms with Crippen molar-refractivity contribution < 1.29 is 4.74 Å². The number of hydrogen-bond donors (Lipinski definition) is 0. The zero-order chi connectivity index (χ0) is 14.9. The van der Waals surface area contributed by atoms with E-state index in [0.29, 0.717) is 12.5 Å². The molecular weight excluding hydrogens is 256 g/mol. The molecule has 0 saturated carbocycles. The third kappa shape index (κ3) is 4.86. The number of ether oxygens (including phenoxy) is 1. The van der Waals surface area contributed by atoms with Crippen LogP contribution in [0.1, 0.15) is 57.1 Å². The summed E-state index contributed by atoms with van der Waals surface area (Å²) in [5, 5.41) is 0. The van der Waals surface area contributed by atoms with Crippen molar-refractivity contribution in [1.82, 2.24) is 0 Å². The predicted octanol–water partition coefficient (Wildman–Crippen LogP) is 5.85. The molecule has 0 amide bonds. The maximum Gasteiger partial charge on any atom is 0.0898 e. The Bertz CT molecular complexity index is 446. The Hall–Kier alpha value is -1.34. The van der Waals surface area contributed by atoms with Gasteiger partial charge in [0, 0.05) is 5.92 Å². The molecule has 0 radical (unpaired) electrons. The average Bonchev–Trinajstić information content (AvgIpc) is 2.88. The molecule has 1 aromatic rings. The molecule has 114 valence electrons. The van der Waals surface area contributed by atoms with Gasteiger partial charge in [0.2, 0.25) is 0 Å². The molecule has 1 aliphatic heterocycles. The van der Waals surface area contributed by atoms with E-state index in [4.69, 9.17) is 4.74 Å². The maximum atomic E-state index is 5.94. The summed E-state index contributed by atoms with van der Waals surface area (Å²) in [6.45, 7) is 7.15. The molecule has 1 aromatic carbocycles. The van der Waals surface area contributed by atoms with Crippen LogP contribution in [0.5, 0.6) is 0 Å². The monoisotopic (exact) mass is 284 g/mol. The second kappa shape index (κ2) is 8.84. The van der Waals surface area contributed by atoms with E-state index in [-0.39, 0.29) is 6.10 Å². The van der Waals surface area contributed by atoms with Crippen LogP contribution in [0.3, 0.4) is 0 Å². The van der Waals surface area contributed by atoms with Gasteiger partial charge in [-0.15, -0.1) is 0 Å². The second-order valence-electron chi connectivity index (χ2n) is 5.96. The van der Waals surface area contributed by atoms with Crippen LogP contribution >= 0.6 is 0 Å². The van der Waals surface area contributed by atoms with E-state index in [1.54, 1.807) is 0 Å². The molecule has 1 fully saturated rings. The van der Waals surface area contributed by atoms with E-state index < -0.39 is 0 Å². The van der Waals surface area contributed by atoms with Crippen molar-refractivity contribution in [3.05, 3.63) is 60.2 Å². The fourth-order valence-corrected chi connectivity index (χ4v) is 2.95. The Labute approximate surface area is 129 Å². The van der Waals surface area contributed by atoms with Crippen molar-refractivity contribution in [2.45, 2.75) is 51.6 Å². The summed E-state index contributed by atoms with van der Waals surface area (Å²) < 4.78 is 5.94. The molecule has 0 aliphatic carbocycles. The lowest BCUT2D eigenvalue weighted by atomic mass is 9.89. The molecule has 0 spiro atoms. The fourth-order valence-electron chi connectivity index (χ4n) is 2.95. The van der Waals surface area contributed by atoms with Gasteiger partial charge in [0.1, 0.15) is 0 Å². The lowest BCUT2D eigenvalue weighted by molar-refractivity contribution is 0.0917. The van der Waals surface area contributed by atoms with E-state index in [2.05, 4.69) is 56.0 Å². The van der Waals surface area contributed by atoms with E-state index in [1.807, 2.05) is 0 Å². The highest BCUT2D eigenvalue weighted by molar-refractivity contribution is 5.24. The Morgan fingerprint density at radius 2 is 1.95 bits per heavy atom. The first kappa shape index (κ1) is 16.0. The number of rotatable bonds is 8. The molecule has 2 atom stereocenters. The zero-order valence-electron chi connectivity index (χ0n) is 13.3. The molecule has 0 bridgehead atoms. The van der Waals surface area contributed by atoms with Gasteiger partial charge in [-0.05, 0) is 30.4 Å². The molecule has 1 nitrogen and oxygen atoms in total. The molecule has 0 N–H and O–H groups in total. The third-order valence-electron chi connectivity index (χ3n) is 4.25. The zero-order valence-corrected chi connectivity index (χ0v) is 13.3. The van der Waals surface area contributed by atoms with Crippen LogP contribution in [-0.2, 0) is 4.74 Å². The van der Waals surface area contributed by atoms with Gasteiger partial charge in [-0.3, -0.25) is 0 Å². The van der Waals surface area contributed by atoms with Gasteiger partial charge < -0.3 is 4.74 Å². The topological polar surface area (TPSA) is 9.23 Å². The van der Waals surface area contributed by atoms with E-state index in [1.165, 1.54) is 43.2 Å². The standard InChI is InChI=1S/C20H28O/c1-3-4-5-6-7-8-12-15-19-17(2)16-21-20(19)18-13-10-9-11-14-18/h8-14,19-20H,2-7,15-16H2,1H3/b12-8+/t19-,20+/m1/s1. The van der Waals surface area contributed by atoms with Crippen molar-refractivity contribution in [3.8, 4) is 0 Å². The quantitative estimate of drug-likeness (QED) is 0.430. The molecule has 0 aromatic heterocycles.